The van der Waals surface area contributed by atoms with Crippen molar-refractivity contribution in [1.29, 1.82) is 0 Å². The van der Waals surface area contributed by atoms with E-state index in [0.717, 1.165) is 31.2 Å². The molecule has 0 bridgehead atoms. The molecule has 33 heavy (non-hydrogen) atoms. The van der Waals surface area contributed by atoms with E-state index in [9.17, 15) is 9.59 Å². The molecule has 2 fully saturated rings. The highest BCUT2D eigenvalue weighted by Crippen LogP contribution is 2.47. The van der Waals surface area contributed by atoms with Crippen molar-refractivity contribution < 1.29 is 9.59 Å². The Morgan fingerprint density at radius 1 is 1.06 bits per heavy atom. The standard InChI is InChI=1S/C26H43N5O2/c1-26(25(28)33,31(2)3)23(24(32)30-17-18-14-15-21(27)29-16-18)22(19-10-6-4-7-11-19)20-12-8-5-9-13-20/h14-16,19-20,22-23H,4-13,17H2,1-3H3,(H2,27,29)(H2,28,33)(H,30,32)/t23-,26?/m0/s1. The van der Waals surface area contributed by atoms with E-state index in [1.807, 2.05) is 32.0 Å². The molecule has 7 heteroatoms. The molecule has 7 nitrogen and oxygen atoms in total. The zero-order chi connectivity index (χ0) is 24.0. The van der Waals surface area contributed by atoms with Crippen molar-refractivity contribution in [1.82, 2.24) is 15.2 Å². The molecule has 2 amide bonds. The molecule has 184 valence electrons. The maximum Gasteiger partial charge on any atom is 0.238 e. The molecule has 2 aliphatic carbocycles. The molecule has 1 unspecified atom stereocenters. The summed E-state index contributed by atoms with van der Waals surface area (Å²) < 4.78 is 0. The Balaban J connectivity index is 1.97. The van der Waals surface area contributed by atoms with E-state index in [-0.39, 0.29) is 11.8 Å². The van der Waals surface area contributed by atoms with Crippen LogP contribution in [0.15, 0.2) is 18.3 Å². The number of amides is 2. The van der Waals surface area contributed by atoms with Gasteiger partial charge in [0.1, 0.15) is 11.4 Å². The highest BCUT2D eigenvalue weighted by Gasteiger charge is 2.53. The fourth-order valence-corrected chi connectivity index (χ4v) is 6.26. The minimum atomic E-state index is -1.07. The summed E-state index contributed by atoms with van der Waals surface area (Å²) in [5.41, 5.74) is 11.6. The van der Waals surface area contributed by atoms with Gasteiger partial charge in [0, 0.05) is 12.7 Å². The van der Waals surface area contributed by atoms with E-state index >= 15 is 0 Å². The van der Waals surface area contributed by atoms with E-state index in [4.69, 9.17) is 11.5 Å². The lowest BCUT2D eigenvalue weighted by Gasteiger charge is -2.49. The first-order valence-electron chi connectivity index (χ1n) is 12.7. The average molecular weight is 458 g/mol. The van der Waals surface area contributed by atoms with Crippen molar-refractivity contribution in [2.24, 2.45) is 29.4 Å². The minimum absolute atomic E-state index is 0.0806. The molecule has 1 heterocycles. The smallest absolute Gasteiger partial charge is 0.238 e. The number of hydrogen-bond donors (Lipinski definition) is 3. The Kier molecular flexibility index (Phi) is 8.74. The van der Waals surface area contributed by atoms with Gasteiger partial charge in [0.25, 0.3) is 0 Å². The fourth-order valence-electron chi connectivity index (χ4n) is 6.26. The maximum atomic E-state index is 14.0. The predicted molar refractivity (Wildman–Crippen MR) is 132 cm³/mol. The minimum Gasteiger partial charge on any atom is -0.384 e. The first-order valence-corrected chi connectivity index (χ1v) is 12.7. The number of nitrogens with zero attached hydrogens (tertiary/aromatic N) is 2. The van der Waals surface area contributed by atoms with Crippen LogP contribution in [0.2, 0.25) is 0 Å². The number of aromatic nitrogens is 1. The fraction of sp³-hybridized carbons (Fsp3) is 0.731. The Morgan fingerprint density at radius 3 is 2.03 bits per heavy atom. The van der Waals surface area contributed by atoms with Crippen molar-refractivity contribution in [3.63, 3.8) is 0 Å². The van der Waals surface area contributed by atoms with Crippen molar-refractivity contribution in [3.8, 4) is 0 Å². The van der Waals surface area contributed by atoms with Gasteiger partial charge in [0.15, 0.2) is 0 Å². The molecule has 0 radical (unpaired) electrons. The zero-order valence-electron chi connectivity index (χ0n) is 20.7. The highest BCUT2D eigenvalue weighted by atomic mass is 16.2. The topological polar surface area (TPSA) is 114 Å². The number of hydrogen-bond acceptors (Lipinski definition) is 5. The molecule has 1 aromatic heterocycles. The lowest BCUT2D eigenvalue weighted by Crippen LogP contribution is -2.64. The molecular formula is C26H43N5O2. The number of rotatable bonds is 9. The second kappa shape index (κ2) is 11.3. The second-order valence-electron chi connectivity index (χ2n) is 10.6. The third-order valence-electron chi connectivity index (χ3n) is 8.40. The van der Waals surface area contributed by atoms with Gasteiger partial charge in [-0.15, -0.1) is 0 Å². The molecule has 0 spiro atoms. The number of carbonyl (C=O) groups is 2. The maximum absolute atomic E-state index is 14.0. The van der Waals surface area contributed by atoms with Crippen molar-refractivity contribution in [2.75, 3.05) is 19.8 Å². The van der Waals surface area contributed by atoms with Gasteiger partial charge < -0.3 is 16.8 Å². The number of nitrogens with two attached hydrogens (primary N) is 2. The summed E-state index contributed by atoms with van der Waals surface area (Å²) in [5.74, 6) is 0.490. The first-order chi connectivity index (χ1) is 15.7. The largest absolute Gasteiger partial charge is 0.384 e. The van der Waals surface area contributed by atoms with Gasteiger partial charge >= 0.3 is 0 Å². The Hall–Kier alpha value is -2.15. The highest BCUT2D eigenvalue weighted by molar-refractivity contribution is 5.92. The van der Waals surface area contributed by atoms with E-state index < -0.39 is 17.4 Å². The Labute approximate surface area is 199 Å². The monoisotopic (exact) mass is 457 g/mol. The number of likely N-dealkylation sites (N-methyl/N-ethyl adjacent to an activating group) is 1. The number of carbonyl (C=O) groups excluding carboxylic acids is 2. The predicted octanol–water partition coefficient (Wildman–Crippen LogP) is 3.48. The van der Waals surface area contributed by atoms with Gasteiger partial charge in [0.2, 0.25) is 11.8 Å². The molecule has 2 atom stereocenters. The van der Waals surface area contributed by atoms with Crippen LogP contribution in [0.25, 0.3) is 0 Å². The van der Waals surface area contributed by atoms with E-state index in [1.165, 1.54) is 38.5 Å². The van der Waals surface area contributed by atoms with Crippen molar-refractivity contribution in [3.05, 3.63) is 23.9 Å². The SMILES string of the molecule is CN(C)C(C)(C(N)=O)[C@H](C(=O)NCc1ccc(N)nc1)C(C1CCCCC1)C1CCCCC1. The number of nitrogens with one attached hydrogen (secondary N) is 1. The average Bonchev–Trinajstić information content (AvgIpc) is 2.82. The van der Waals surface area contributed by atoms with Gasteiger partial charge in [-0.2, -0.15) is 0 Å². The second-order valence-corrected chi connectivity index (χ2v) is 10.6. The van der Waals surface area contributed by atoms with Gasteiger partial charge in [-0.05, 0) is 50.4 Å². The van der Waals surface area contributed by atoms with Crippen LogP contribution in [0.1, 0.15) is 76.7 Å². The van der Waals surface area contributed by atoms with Crippen LogP contribution in [0, 0.1) is 23.7 Å². The quantitative estimate of drug-likeness (QED) is 0.525. The van der Waals surface area contributed by atoms with E-state index in [1.54, 1.807) is 12.3 Å². The van der Waals surface area contributed by atoms with E-state index in [0.29, 0.717) is 24.2 Å². The van der Waals surface area contributed by atoms with Gasteiger partial charge in [-0.1, -0.05) is 70.3 Å². The van der Waals surface area contributed by atoms with Crippen LogP contribution in [0.4, 0.5) is 5.82 Å². The van der Waals surface area contributed by atoms with Crippen LogP contribution in [-0.4, -0.2) is 41.3 Å². The Bertz CT molecular complexity index is 766. The van der Waals surface area contributed by atoms with E-state index in [2.05, 4.69) is 10.3 Å². The van der Waals surface area contributed by atoms with Crippen LogP contribution >= 0.6 is 0 Å². The molecule has 5 N–H and O–H groups in total. The third kappa shape index (κ3) is 5.86. The number of anilines is 1. The third-order valence-corrected chi connectivity index (χ3v) is 8.40. The number of pyridine rings is 1. The zero-order valence-corrected chi connectivity index (χ0v) is 20.7. The molecular weight excluding hydrogens is 414 g/mol. The van der Waals surface area contributed by atoms with Crippen LogP contribution in [-0.2, 0) is 16.1 Å². The molecule has 0 aromatic carbocycles. The van der Waals surface area contributed by atoms with Crippen LogP contribution < -0.4 is 16.8 Å². The van der Waals surface area contributed by atoms with Crippen LogP contribution in [0.3, 0.4) is 0 Å². The summed E-state index contributed by atoms with van der Waals surface area (Å²) in [4.78, 5) is 32.9. The van der Waals surface area contributed by atoms with Gasteiger partial charge in [-0.25, -0.2) is 4.98 Å². The molecule has 2 aliphatic rings. The summed E-state index contributed by atoms with van der Waals surface area (Å²) in [5, 5.41) is 3.14. The number of primary amides is 1. The Morgan fingerprint density at radius 2 is 1.61 bits per heavy atom. The summed E-state index contributed by atoms with van der Waals surface area (Å²) in [7, 11) is 3.74. The van der Waals surface area contributed by atoms with Crippen LogP contribution in [0.5, 0.6) is 0 Å². The summed E-state index contributed by atoms with van der Waals surface area (Å²) in [6.45, 7) is 2.22. The van der Waals surface area contributed by atoms with Gasteiger partial charge in [0.05, 0.1) is 5.92 Å². The lowest BCUT2D eigenvalue weighted by atomic mass is 9.59. The van der Waals surface area contributed by atoms with Crippen molar-refractivity contribution in [2.45, 2.75) is 83.2 Å². The molecule has 1 aromatic rings. The normalized spacial score (nSPS) is 21.0. The van der Waals surface area contributed by atoms with Gasteiger partial charge in [-0.3, -0.25) is 14.5 Å². The van der Waals surface area contributed by atoms with Crippen molar-refractivity contribution >= 4 is 17.6 Å². The summed E-state index contributed by atoms with van der Waals surface area (Å²) in [6.07, 6.45) is 13.6. The molecule has 0 saturated heterocycles. The lowest BCUT2D eigenvalue weighted by molar-refractivity contribution is -0.147. The molecule has 0 aliphatic heterocycles. The first kappa shape index (κ1) is 25.5. The summed E-state index contributed by atoms with van der Waals surface area (Å²) in [6, 6.07) is 3.61. The molecule has 3 rings (SSSR count). The number of nitrogen functional groups attached to an aromatic ring is 1. The molecule has 2 saturated carbocycles. The summed E-state index contributed by atoms with van der Waals surface area (Å²) >= 11 is 0.